The Labute approximate surface area is 71.5 Å². The first-order valence-electron chi connectivity index (χ1n) is 4.16. The third kappa shape index (κ3) is 2.79. The van der Waals surface area contributed by atoms with Crippen LogP contribution >= 0.6 is 0 Å². The monoisotopic (exact) mass is 174 g/mol. The number of carbonyl (C=O) groups is 1. The fraction of sp³-hybridized carbons (Fsp3) is 0.875. The van der Waals surface area contributed by atoms with Crippen LogP contribution in [0.25, 0.3) is 0 Å². The molecule has 1 saturated heterocycles. The lowest BCUT2D eigenvalue weighted by Crippen LogP contribution is -2.14. The predicted molar refractivity (Wildman–Crippen MR) is 41.7 cm³/mol. The van der Waals surface area contributed by atoms with Crippen molar-refractivity contribution in [2.24, 2.45) is 5.92 Å². The zero-order valence-electron chi connectivity index (χ0n) is 7.16. The topological polar surface area (TPSA) is 55.8 Å². The molecular formula is C8H14O4. The largest absolute Gasteiger partial charge is 0.481 e. The minimum Gasteiger partial charge on any atom is -0.481 e. The molecule has 0 amide bonds. The zero-order valence-corrected chi connectivity index (χ0v) is 7.16. The van der Waals surface area contributed by atoms with Crippen LogP contribution in [0.1, 0.15) is 19.8 Å². The molecule has 1 atom stereocenters. The van der Waals surface area contributed by atoms with E-state index in [0.29, 0.717) is 26.1 Å². The number of carboxylic acid groups (broad SMARTS) is 1. The van der Waals surface area contributed by atoms with Crippen LogP contribution in [0.15, 0.2) is 0 Å². The van der Waals surface area contributed by atoms with Crippen molar-refractivity contribution in [3.05, 3.63) is 0 Å². The van der Waals surface area contributed by atoms with Gasteiger partial charge in [-0.2, -0.15) is 0 Å². The Morgan fingerprint density at radius 3 is 2.67 bits per heavy atom. The predicted octanol–water partition coefficient (Wildman–Crippen LogP) is 0.860. The molecule has 1 fully saturated rings. The van der Waals surface area contributed by atoms with Crippen molar-refractivity contribution >= 4 is 5.97 Å². The van der Waals surface area contributed by atoms with Gasteiger partial charge in [-0.25, -0.2) is 0 Å². The van der Waals surface area contributed by atoms with Gasteiger partial charge in [-0.1, -0.05) is 6.92 Å². The van der Waals surface area contributed by atoms with Crippen LogP contribution < -0.4 is 0 Å². The lowest BCUT2D eigenvalue weighted by atomic mass is 10.1. The van der Waals surface area contributed by atoms with Crippen LogP contribution in [0.4, 0.5) is 0 Å². The average molecular weight is 174 g/mol. The van der Waals surface area contributed by atoms with E-state index in [1.807, 2.05) is 0 Å². The zero-order chi connectivity index (χ0) is 8.97. The fourth-order valence-electron chi connectivity index (χ4n) is 1.08. The number of hydrogen-bond donors (Lipinski definition) is 1. The molecule has 4 nitrogen and oxygen atoms in total. The highest BCUT2D eigenvalue weighted by molar-refractivity contribution is 5.69. The Bertz CT molecular complexity index is 151. The quantitative estimate of drug-likeness (QED) is 0.686. The Morgan fingerprint density at radius 1 is 1.58 bits per heavy atom. The summed E-state index contributed by atoms with van der Waals surface area (Å²) in [4.78, 5) is 10.4. The van der Waals surface area contributed by atoms with Crippen LogP contribution in [-0.4, -0.2) is 30.6 Å². The summed E-state index contributed by atoms with van der Waals surface area (Å²) in [5, 5.41) is 8.57. The summed E-state index contributed by atoms with van der Waals surface area (Å²) in [5.74, 6) is -1.06. The van der Waals surface area contributed by atoms with Crippen molar-refractivity contribution in [2.75, 3.05) is 13.2 Å². The molecule has 0 aromatic heterocycles. The summed E-state index contributed by atoms with van der Waals surface area (Å²) < 4.78 is 10.3. The Morgan fingerprint density at radius 2 is 2.17 bits per heavy atom. The number of ether oxygens (including phenoxy) is 2. The first-order valence-corrected chi connectivity index (χ1v) is 4.16. The van der Waals surface area contributed by atoms with Crippen LogP contribution in [0.2, 0.25) is 0 Å². The van der Waals surface area contributed by atoms with Crippen molar-refractivity contribution in [3.63, 3.8) is 0 Å². The van der Waals surface area contributed by atoms with Crippen LogP contribution in [-0.2, 0) is 14.3 Å². The molecule has 0 radical (unpaired) electrons. The van der Waals surface area contributed by atoms with Crippen molar-refractivity contribution in [3.8, 4) is 0 Å². The first kappa shape index (κ1) is 9.48. The van der Waals surface area contributed by atoms with E-state index >= 15 is 0 Å². The van der Waals surface area contributed by atoms with E-state index in [2.05, 4.69) is 0 Å². The Hall–Kier alpha value is -0.610. The van der Waals surface area contributed by atoms with Crippen molar-refractivity contribution in [1.82, 2.24) is 0 Å². The second kappa shape index (κ2) is 4.42. The molecule has 1 rings (SSSR count). The van der Waals surface area contributed by atoms with Gasteiger partial charge in [0.2, 0.25) is 0 Å². The Kier molecular flexibility index (Phi) is 3.49. The van der Waals surface area contributed by atoms with Crippen molar-refractivity contribution < 1.29 is 19.4 Å². The molecule has 1 heterocycles. The van der Waals surface area contributed by atoms with Crippen LogP contribution in [0.3, 0.4) is 0 Å². The molecular weight excluding hydrogens is 160 g/mol. The van der Waals surface area contributed by atoms with E-state index in [-0.39, 0.29) is 12.2 Å². The molecule has 1 N–H and O–H groups in total. The normalized spacial score (nSPS) is 21.1. The minimum atomic E-state index is -0.756. The molecule has 1 unspecified atom stereocenters. The van der Waals surface area contributed by atoms with E-state index in [0.717, 1.165) is 0 Å². The van der Waals surface area contributed by atoms with Crippen LogP contribution in [0.5, 0.6) is 0 Å². The van der Waals surface area contributed by atoms with Gasteiger partial charge < -0.3 is 14.6 Å². The van der Waals surface area contributed by atoms with Crippen LogP contribution in [0, 0.1) is 5.92 Å². The summed E-state index contributed by atoms with van der Waals surface area (Å²) >= 11 is 0. The smallest absolute Gasteiger partial charge is 0.306 e. The molecule has 0 aliphatic carbocycles. The molecule has 4 heteroatoms. The molecule has 12 heavy (non-hydrogen) atoms. The first-order chi connectivity index (χ1) is 5.70. The van der Waals surface area contributed by atoms with Gasteiger partial charge >= 0.3 is 5.97 Å². The maximum Gasteiger partial charge on any atom is 0.306 e. The van der Waals surface area contributed by atoms with Gasteiger partial charge in [-0.15, -0.1) is 0 Å². The molecule has 0 aromatic carbocycles. The maximum atomic E-state index is 10.4. The molecule has 0 spiro atoms. The number of hydrogen-bond acceptors (Lipinski definition) is 3. The average Bonchev–Trinajstić information content (AvgIpc) is 2.51. The molecule has 0 bridgehead atoms. The van der Waals surface area contributed by atoms with Gasteiger partial charge in [0.15, 0.2) is 6.29 Å². The molecule has 0 aromatic rings. The van der Waals surface area contributed by atoms with E-state index in [4.69, 9.17) is 14.6 Å². The van der Waals surface area contributed by atoms with Crippen molar-refractivity contribution in [1.29, 1.82) is 0 Å². The summed E-state index contributed by atoms with van der Waals surface area (Å²) in [6.45, 7) is 2.95. The SMILES string of the molecule is CC(CCC1OCCO1)C(=O)O. The van der Waals surface area contributed by atoms with E-state index in [1.54, 1.807) is 6.92 Å². The fourth-order valence-corrected chi connectivity index (χ4v) is 1.08. The summed E-state index contributed by atoms with van der Waals surface area (Å²) in [5.41, 5.74) is 0. The van der Waals surface area contributed by atoms with Gasteiger partial charge in [0.25, 0.3) is 0 Å². The third-order valence-electron chi connectivity index (χ3n) is 1.95. The molecule has 70 valence electrons. The maximum absolute atomic E-state index is 10.4. The summed E-state index contributed by atoms with van der Waals surface area (Å²) in [6.07, 6.45) is 1.11. The summed E-state index contributed by atoms with van der Waals surface area (Å²) in [7, 11) is 0. The van der Waals surface area contributed by atoms with Crippen molar-refractivity contribution in [2.45, 2.75) is 26.1 Å². The Balaban J connectivity index is 2.11. The van der Waals surface area contributed by atoms with E-state index in [1.165, 1.54) is 0 Å². The number of rotatable bonds is 4. The third-order valence-corrected chi connectivity index (χ3v) is 1.95. The lowest BCUT2D eigenvalue weighted by molar-refractivity contribution is -0.142. The number of aliphatic carboxylic acids is 1. The van der Waals surface area contributed by atoms with E-state index in [9.17, 15) is 4.79 Å². The van der Waals surface area contributed by atoms with Gasteiger partial charge in [-0.3, -0.25) is 4.79 Å². The van der Waals surface area contributed by atoms with Gasteiger partial charge in [-0.05, 0) is 12.8 Å². The number of carboxylic acids is 1. The lowest BCUT2D eigenvalue weighted by Gasteiger charge is -2.10. The second-order valence-electron chi connectivity index (χ2n) is 2.99. The second-order valence-corrected chi connectivity index (χ2v) is 2.99. The molecule has 0 saturated carbocycles. The molecule has 1 aliphatic heterocycles. The van der Waals surface area contributed by atoms with E-state index < -0.39 is 5.97 Å². The van der Waals surface area contributed by atoms with Gasteiger partial charge in [0.05, 0.1) is 19.1 Å². The minimum absolute atomic E-state index is 0.174. The highest BCUT2D eigenvalue weighted by Gasteiger charge is 2.18. The van der Waals surface area contributed by atoms with Gasteiger partial charge in [0.1, 0.15) is 0 Å². The highest BCUT2D eigenvalue weighted by Crippen LogP contribution is 2.14. The van der Waals surface area contributed by atoms with Gasteiger partial charge in [0, 0.05) is 0 Å². The summed E-state index contributed by atoms with van der Waals surface area (Å²) in [6, 6.07) is 0. The highest BCUT2D eigenvalue weighted by atomic mass is 16.7. The standard InChI is InChI=1S/C8H14O4/c1-6(8(9)10)2-3-7-11-4-5-12-7/h6-7H,2-5H2,1H3,(H,9,10). The molecule has 1 aliphatic rings.